The third-order valence-corrected chi connectivity index (χ3v) is 6.29. The number of allylic oxidation sites excluding steroid dienone is 1. The van der Waals surface area contributed by atoms with Crippen LogP contribution in [0.1, 0.15) is 23.1 Å². The van der Waals surface area contributed by atoms with Gasteiger partial charge >= 0.3 is 0 Å². The molecule has 2 aliphatic heterocycles. The molecule has 4 unspecified atom stereocenters. The smallest absolute Gasteiger partial charge is 0.203 e. The average molecular weight is 469 g/mol. The monoisotopic (exact) mass is 468 g/mol. The number of rotatable bonds is 7. The lowest BCUT2D eigenvalue weighted by molar-refractivity contribution is 0.0337. The SMILES string of the molecule is COc1ccc(C2NNC3OC(N)=C(C#N)C(c4ccc(OC)c(OC)c4OC)C32)cc1OC. The van der Waals surface area contributed by atoms with E-state index in [1.54, 1.807) is 34.5 Å². The molecule has 1 saturated heterocycles. The van der Waals surface area contributed by atoms with Crippen LogP contribution in [0.3, 0.4) is 0 Å². The van der Waals surface area contributed by atoms with E-state index in [0.29, 0.717) is 34.3 Å². The normalized spacial score (nSPS) is 23.4. The fraction of sp³-hybridized carbons (Fsp3) is 0.375. The Hall–Kier alpha value is -3.81. The second kappa shape index (κ2) is 9.59. The molecule has 0 bridgehead atoms. The number of hydrogen-bond acceptors (Lipinski definition) is 10. The van der Waals surface area contributed by atoms with Gasteiger partial charge in [0.15, 0.2) is 29.2 Å². The zero-order valence-electron chi connectivity index (χ0n) is 19.7. The van der Waals surface area contributed by atoms with Crippen molar-refractivity contribution < 1.29 is 28.4 Å². The van der Waals surface area contributed by atoms with E-state index in [0.717, 1.165) is 11.1 Å². The number of fused-ring (bicyclic) bond motifs is 1. The number of nitrogens with zero attached hydrogens (tertiary/aromatic N) is 1. The fourth-order valence-electron chi connectivity index (χ4n) is 4.77. The minimum atomic E-state index is -0.502. The molecule has 0 radical (unpaired) electrons. The van der Waals surface area contributed by atoms with Crippen molar-refractivity contribution in [2.24, 2.45) is 11.7 Å². The van der Waals surface area contributed by atoms with Crippen LogP contribution in [0.2, 0.25) is 0 Å². The van der Waals surface area contributed by atoms with Crippen LogP contribution < -0.4 is 40.3 Å². The van der Waals surface area contributed by atoms with Crippen molar-refractivity contribution in [1.82, 2.24) is 10.9 Å². The summed E-state index contributed by atoms with van der Waals surface area (Å²) < 4.78 is 33.6. The van der Waals surface area contributed by atoms with E-state index >= 15 is 0 Å². The molecule has 4 rings (SSSR count). The van der Waals surface area contributed by atoms with E-state index in [2.05, 4.69) is 16.9 Å². The first-order valence-electron chi connectivity index (χ1n) is 10.6. The van der Waals surface area contributed by atoms with Crippen LogP contribution in [0, 0.1) is 17.2 Å². The molecule has 2 aromatic carbocycles. The number of hydrazine groups is 1. The number of hydrogen-bond donors (Lipinski definition) is 3. The maximum atomic E-state index is 10.1. The first-order chi connectivity index (χ1) is 16.5. The van der Waals surface area contributed by atoms with E-state index in [-0.39, 0.29) is 17.8 Å². The van der Waals surface area contributed by atoms with Crippen molar-refractivity contribution in [2.75, 3.05) is 35.5 Å². The summed E-state index contributed by atoms with van der Waals surface area (Å²) in [5.74, 6) is 1.95. The van der Waals surface area contributed by atoms with Crippen LogP contribution in [0.15, 0.2) is 41.8 Å². The summed E-state index contributed by atoms with van der Waals surface area (Å²) in [6.45, 7) is 0. The van der Waals surface area contributed by atoms with Crippen LogP contribution in [0.4, 0.5) is 0 Å². The molecule has 0 saturated carbocycles. The first-order valence-corrected chi connectivity index (χ1v) is 10.6. The summed E-state index contributed by atoms with van der Waals surface area (Å²) in [4.78, 5) is 0. The van der Waals surface area contributed by atoms with E-state index in [9.17, 15) is 5.26 Å². The molecule has 180 valence electrons. The van der Waals surface area contributed by atoms with Gasteiger partial charge in [-0.1, -0.05) is 12.1 Å². The number of ether oxygens (including phenoxy) is 6. The molecule has 10 heteroatoms. The van der Waals surface area contributed by atoms with Gasteiger partial charge < -0.3 is 34.2 Å². The van der Waals surface area contributed by atoms with Crippen LogP contribution in [-0.2, 0) is 4.74 Å². The number of benzene rings is 2. The molecule has 0 amide bonds. The van der Waals surface area contributed by atoms with Gasteiger partial charge in [0.05, 0.1) is 47.2 Å². The fourth-order valence-corrected chi connectivity index (χ4v) is 4.77. The van der Waals surface area contributed by atoms with E-state index < -0.39 is 12.1 Å². The summed E-state index contributed by atoms with van der Waals surface area (Å²) in [5, 5.41) is 10.1. The topological polar surface area (TPSA) is 129 Å². The van der Waals surface area contributed by atoms with Gasteiger partial charge in [0.1, 0.15) is 6.07 Å². The molecule has 10 nitrogen and oxygen atoms in total. The summed E-state index contributed by atoms with van der Waals surface area (Å²) in [7, 11) is 7.82. The zero-order valence-corrected chi connectivity index (χ0v) is 19.7. The standard InChI is InChI=1S/C24H28N4O6/c1-29-15-8-6-12(10-17(15)31-3)20-19-18(14(11-25)23(26)34-24(19)28-27-20)13-7-9-16(30-2)22(33-5)21(13)32-4/h6-10,18-20,24,27-28H,26H2,1-5H3. The average Bonchev–Trinajstić information content (AvgIpc) is 3.29. The summed E-state index contributed by atoms with van der Waals surface area (Å²) in [6, 6.07) is 11.3. The molecule has 4 atom stereocenters. The second-order valence-electron chi connectivity index (χ2n) is 7.79. The molecular weight excluding hydrogens is 440 g/mol. The van der Waals surface area contributed by atoms with E-state index in [1.807, 2.05) is 24.3 Å². The van der Waals surface area contributed by atoms with Gasteiger partial charge in [-0.25, -0.2) is 10.9 Å². The van der Waals surface area contributed by atoms with Gasteiger partial charge in [0.2, 0.25) is 11.6 Å². The Balaban J connectivity index is 1.88. The van der Waals surface area contributed by atoms with Crippen molar-refractivity contribution in [1.29, 1.82) is 5.26 Å². The van der Waals surface area contributed by atoms with Crippen LogP contribution in [-0.4, -0.2) is 41.8 Å². The lowest BCUT2D eigenvalue weighted by atomic mass is 9.73. The van der Waals surface area contributed by atoms with Gasteiger partial charge in [0, 0.05) is 17.4 Å². The van der Waals surface area contributed by atoms with Crippen molar-refractivity contribution in [3.8, 4) is 34.8 Å². The molecule has 2 aromatic rings. The largest absolute Gasteiger partial charge is 0.493 e. The van der Waals surface area contributed by atoms with Crippen molar-refractivity contribution in [3.05, 3.63) is 52.9 Å². The highest BCUT2D eigenvalue weighted by atomic mass is 16.5. The Morgan fingerprint density at radius 1 is 0.853 bits per heavy atom. The molecule has 2 aliphatic rings. The van der Waals surface area contributed by atoms with Gasteiger partial charge in [-0.15, -0.1) is 0 Å². The van der Waals surface area contributed by atoms with Crippen molar-refractivity contribution in [3.63, 3.8) is 0 Å². The van der Waals surface area contributed by atoms with Crippen molar-refractivity contribution in [2.45, 2.75) is 18.2 Å². The van der Waals surface area contributed by atoms with Crippen LogP contribution >= 0.6 is 0 Å². The third-order valence-electron chi connectivity index (χ3n) is 6.29. The lowest BCUT2D eigenvalue weighted by Crippen LogP contribution is -2.41. The predicted octanol–water partition coefficient (Wildman–Crippen LogP) is 2.33. The van der Waals surface area contributed by atoms with Gasteiger partial charge in [0.25, 0.3) is 0 Å². The van der Waals surface area contributed by atoms with Gasteiger partial charge in [-0.05, 0) is 23.8 Å². The zero-order chi connectivity index (χ0) is 24.4. The highest BCUT2D eigenvalue weighted by Gasteiger charge is 2.50. The molecule has 1 fully saturated rings. The Morgan fingerprint density at radius 2 is 1.53 bits per heavy atom. The molecule has 4 N–H and O–H groups in total. The first kappa shape index (κ1) is 23.4. The quantitative estimate of drug-likeness (QED) is 0.557. The number of nitrogens with two attached hydrogens (primary N) is 1. The number of nitriles is 1. The molecule has 0 spiro atoms. The lowest BCUT2D eigenvalue weighted by Gasteiger charge is -2.36. The molecular formula is C24H28N4O6. The van der Waals surface area contributed by atoms with E-state index in [4.69, 9.17) is 34.2 Å². The molecule has 0 aromatic heterocycles. The molecule has 0 aliphatic carbocycles. The van der Waals surface area contributed by atoms with Crippen molar-refractivity contribution >= 4 is 0 Å². The minimum absolute atomic E-state index is 0.0628. The Bertz CT molecular complexity index is 1150. The van der Waals surface area contributed by atoms with Crippen LogP contribution in [0.5, 0.6) is 28.7 Å². The number of methoxy groups -OCH3 is 5. The summed E-state index contributed by atoms with van der Waals surface area (Å²) in [5.41, 5.74) is 14.6. The Kier molecular flexibility index (Phi) is 6.58. The summed E-state index contributed by atoms with van der Waals surface area (Å²) >= 11 is 0. The summed E-state index contributed by atoms with van der Waals surface area (Å²) in [6.07, 6.45) is -0.502. The maximum absolute atomic E-state index is 10.1. The Labute approximate surface area is 198 Å². The maximum Gasteiger partial charge on any atom is 0.203 e. The predicted molar refractivity (Wildman–Crippen MR) is 123 cm³/mol. The van der Waals surface area contributed by atoms with E-state index in [1.165, 1.54) is 7.11 Å². The van der Waals surface area contributed by atoms with Gasteiger partial charge in [-0.3, -0.25) is 0 Å². The highest BCUT2D eigenvalue weighted by molar-refractivity contribution is 5.60. The second-order valence-corrected chi connectivity index (χ2v) is 7.79. The highest BCUT2D eigenvalue weighted by Crippen LogP contribution is 2.53. The van der Waals surface area contributed by atoms with Crippen LogP contribution in [0.25, 0.3) is 0 Å². The molecule has 2 heterocycles. The third kappa shape index (κ3) is 3.69. The number of nitrogens with one attached hydrogen (secondary N) is 2. The molecule has 34 heavy (non-hydrogen) atoms. The van der Waals surface area contributed by atoms with Gasteiger partial charge in [-0.2, -0.15) is 5.26 Å². The minimum Gasteiger partial charge on any atom is -0.493 e. The Morgan fingerprint density at radius 3 is 2.15 bits per heavy atom.